The predicted octanol–water partition coefficient (Wildman–Crippen LogP) is 2.60. The maximum atomic E-state index is 11.8. The Balaban J connectivity index is 0.00000392. The number of sulfonamides is 1. The topological polar surface area (TPSA) is 83.0 Å². The third kappa shape index (κ3) is 7.75. The summed E-state index contributed by atoms with van der Waals surface area (Å²) in [7, 11) is -1.35. The number of hydrogen-bond donors (Lipinski definition) is 2. The minimum Gasteiger partial charge on any atom is -0.493 e. The maximum Gasteiger partial charge on any atom is 0.214 e. The largest absolute Gasteiger partial charge is 0.493 e. The van der Waals surface area contributed by atoms with E-state index in [0.29, 0.717) is 44.5 Å². The van der Waals surface area contributed by atoms with Crippen molar-refractivity contribution in [2.75, 3.05) is 39.0 Å². The lowest BCUT2D eigenvalue weighted by molar-refractivity contribution is 0.271. The highest BCUT2D eigenvalue weighted by Crippen LogP contribution is 2.18. The summed E-state index contributed by atoms with van der Waals surface area (Å²) in [6.07, 6.45) is 0.712. The van der Waals surface area contributed by atoms with Gasteiger partial charge in [-0.1, -0.05) is 26.0 Å². The van der Waals surface area contributed by atoms with Crippen LogP contribution >= 0.6 is 24.0 Å². The summed E-state index contributed by atoms with van der Waals surface area (Å²) in [5.74, 6) is 2.27. The van der Waals surface area contributed by atoms with Crippen molar-refractivity contribution < 1.29 is 13.2 Å². The van der Waals surface area contributed by atoms with Crippen LogP contribution in [0.2, 0.25) is 0 Å². The van der Waals surface area contributed by atoms with E-state index in [4.69, 9.17) is 4.74 Å². The Morgan fingerprint density at radius 3 is 2.46 bits per heavy atom. The Kier molecular flexibility index (Phi) is 10.5. The summed E-state index contributed by atoms with van der Waals surface area (Å²) in [6, 6.07) is 8.09. The second-order valence-electron chi connectivity index (χ2n) is 7.21. The molecule has 2 N–H and O–H groups in total. The van der Waals surface area contributed by atoms with Crippen molar-refractivity contribution in [3.8, 4) is 5.75 Å². The quantitative estimate of drug-likeness (QED) is 0.311. The molecule has 0 saturated carbocycles. The highest BCUT2D eigenvalue weighted by atomic mass is 127. The van der Waals surface area contributed by atoms with Crippen LogP contribution in [-0.4, -0.2) is 57.7 Å². The van der Waals surface area contributed by atoms with Crippen molar-refractivity contribution in [1.29, 1.82) is 0 Å². The van der Waals surface area contributed by atoms with E-state index in [-0.39, 0.29) is 35.8 Å². The van der Waals surface area contributed by atoms with Crippen molar-refractivity contribution >= 4 is 40.0 Å². The third-order valence-corrected chi connectivity index (χ3v) is 6.35. The molecule has 1 aliphatic heterocycles. The molecular weight excluding hydrogens is 491 g/mol. The summed E-state index contributed by atoms with van der Waals surface area (Å²) >= 11 is 0. The second kappa shape index (κ2) is 11.8. The zero-order valence-corrected chi connectivity index (χ0v) is 20.3. The van der Waals surface area contributed by atoms with Crippen molar-refractivity contribution in [3.63, 3.8) is 0 Å². The molecule has 0 radical (unpaired) electrons. The monoisotopic (exact) mass is 524 g/mol. The number of ether oxygens (including phenoxy) is 1. The molecule has 2 rings (SSSR count). The summed E-state index contributed by atoms with van der Waals surface area (Å²) < 4.78 is 30.9. The molecule has 1 aromatic rings. The van der Waals surface area contributed by atoms with Crippen molar-refractivity contribution in [3.05, 3.63) is 29.8 Å². The number of aliphatic imine (C=N–C) groups is 1. The normalized spacial score (nSPS) is 17.8. The van der Waals surface area contributed by atoms with Gasteiger partial charge in [0.1, 0.15) is 5.75 Å². The van der Waals surface area contributed by atoms with E-state index in [9.17, 15) is 8.42 Å². The SMILES string of the molecule is CN=C(NCCN1CCCS1(=O)=O)NC(C)c1ccc(OCC(C)C)cc1.I. The van der Waals surface area contributed by atoms with Gasteiger partial charge in [-0.05, 0) is 37.0 Å². The van der Waals surface area contributed by atoms with Gasteiger partial charge in [-0.15, -0.1) is 24.0 Å². The lowest BCUT2D eigenvalue weighted by atomic mass is 10.1. The Bertz CT molecular complexity index is 723. The first-order chi connectivity index (χ1) is 12.8. The molecule has 0 bridgehead atoms. The van der Waals surface area contributed by atoms with E-state index in [1.54, 1.807) is 7.05 Å². The van der Waals surface area contributed by atoms with Crippen molar-refractivity contribution in [2.24, 2.45) is 10.9 Å². The number of benzene rings is 1. The van der Waals surface area contributed by atoms with Crippen LogP contribution in [0, 0.1) is 5.92 Å². The fourth-order valence-corrected chi connectivity index (χ4v) is 4.37. The molecular formula is C19H33IN4O3S. The van der Waals surface area contributed by atoms with E-state index >= 15 is 0 Å². The third-order valence-electron chi connectivity index (χ3n) is 4.40. The predicted molar refractivity (Wildman–Crippen MR) is 125 cm³/mol. The molecule has 160 valence electrons. The van der Waals surface area contributed by atoms with E-state index in [2.05, 4.69) is 36.4 Å². The van der Waals surface area contributed by atoms with Crippen LogP contribution in [0.3, 0.4) is 0 Å². The first-order valence-electron chi connectivity index (χ1n) is 9.49. The fourth-order valence-electron chi connectivity index (χ4n) is 2.84. The van der Waals surface area contributed by atoms with Crippen LogP contribution < -0.4 is 15.4 Å². The van der Waals surface area contributed by atoms with Crippen LogP contribution in [0.1, 0.15) is 38.8 Å². The van der Waals surface area contributed by atoms with Crippen LogP contribution in [0.4, 0.5) is 0 Å². The van der Waals surface area contributed by atoms with Gasteiger partial charge in [0, 0.05) is 26.7 Å². The minimum atomic E-state index is -3.05. The Morgan fingerprint density at radius 2 is 1.93 bits per heavy atom. The molecule has 1 aliphatic rings. The fraction of sp³-hybridized carbons (Fsp3) is 0.632. The molecule has 1 heterocycles. The molecule has 9 heteroatoms. The van der Waals surface area contributed by atoms with Gasteiger partial charge in [-0.2, -0.15) is 0 Å². The molecule has 0 spiro atoms. The van der Waals surface area contributed by atoms with Gasteiger partial charge < -0.3 is 15.4 Å². The average Bonchev–Trinajstić information content (AvgIpc) is 2.97. The number of rotatable bonds is 8. The molecule has 28 heavy (non-hydrogen) atoms. The number of halogens is 1. The van der Waals surface area contributed by atoms with E-state index in [1.165, 1.54) is 4.31 Å². The lowest BCUT2D eigenvalue weighted by Gasteiger charge is -2.20. The highest BCUT2D eigenvalue weighted by Gasteiger charge is 2.27. The van der Waals surface area contributed by atoms with Gasteiger partial charge >= 0.3 is 0 Å². The maximum absolute atomic E-state index is 11.8. The molecule has 0 aliphatic carbocycles. The van der Waals surface area contributed by atoms with E-state index < -0.39 is 10.0 Å². The molecule has 1 atom stereocenters. The van der Waals surface area contributed by atoms with Gasteiger partial charge in [-0.3, -0.25) is 4.99 Å². The minimum absolute atomic E-state index is 0. The molecule has 0 amide bonds. The second-order valence-corrected chi connectivity index (χ2v) is 9.30. The Hall–Kier alpha value is -1.07. The van der Waals surface area contributed by atoms with Gasteiger partial charge in [0.25, 0.3) is 0 Å². The molecule has 7 nitrogen and oxygen atoms in total. The molecule has 1 aromatic carbocycles. The zero-order chi connectivity index (χ0) is 19.9. The molecule has 1 saturated heterocycles. The summed E-state index contributed by atoms with van der Waals surface area (Å²) in [6.45, 7) is 8.60. The van der Waals surface area contributed by atoms with Gasteiger partial charge in [0.15, 0.2) is 5.96 Å². The molecule has 0 aromatic heterocycles. The van der Waals surface area contributed by atoms with Crippen molar-refractivity contribution in [1.82, 2.24) is 14.9 Å². The smallest absolute Gasteiger partial charge is 0.214 e. The van der Waals surface area contributed by atoms with Crippen LogP contribution in [0.15, 0.2) is 29.3 Å². The first-order valence-corrected chi connectivity index (χ1v) is 11.1. The number of hydrogen-bond acceptors (Lipinski definition) is 4. The van der Waals surface area contributed by atoms with E-state index in [0.717, 1.165) is 11.3 Å². The molecule has 1 unspecified atom stereocenters. The summed E-state index contributed by atoms with van der Waals surface area (Å²) in [5.41, 5.74) is 1.12. The highest BCUT2D eigenvalue weighted by molar-refractivity contribution is 14.0. The van der Waals surface area contributed by atoms with Crippen molar-refractivity contribution in [2.45, 2.75) is 33.2 Å². The number of guanidine groups is 1. The van der Waals surface area contributed by atoms with Crippen LogP contribution in [0.25, 0.3) is 0 Å². The van der Waals surface area contributed by atoms with Gasteiger partial charge in [0.05, 0.1) is 18.4 Å². The first kappa shape index (κ1) is 25.0. The lowest BCUT2D eigenvalue weighted by Crippen LogP contribution is -2.42. The van der Waals surface area contributed by atoms with Gasteiger partial charge in [0.2, 0.25) is 10.0 Å². The molecule has 1 fully saturated rings. The number of nitrogens with zero attached hydrogens (tertiary/aromatic N) is 2. The summed E-state index contributed by atoms with van der Waals surface area (Å²) in [4.78, 5) is 4.22. The number of nitrogens with one attached hydrogen (secondary N) is 2. The van der Waals surface area contributed by atoms with Gasteiger partial charge in [-0.25, -0.2) is 12.7 Å². The Morgan fingerprint density at radius 1 is 1.25 bits per heavy atom. The van der Waals surface area contributed by atoms with Crippen LogP contribution in [-0.2, 0) is 10.0 Å². The van der Waals surface area contributed by atoms with E-state index in [1.807, 2.05) is 24.3 Å². The zero-order valence-electron chi connectivity index (χ0n) is 17.1. The summed E-state index contributed by atoms with van der Waals surface area (Å²) in [5, 5.41) is 6.52. The Labute approximate surface area is 186 Å². The standard InChI is InChI=1S/C19H32N4O3S.HI/c1-15(2)14-26-18-8-6-17(7-9-18)16(3)22-19(20-4)21-10-12-23-11-5-13-27(23,24)25;/h6-9,15-16H,5,10-14H2,1-4H3,(H2,20,21,22);1H. The van der Waals surface area contributed by atoms with Crippen LogP contribution in [0.5, 0.6) is 5.75 Å². The average molecular weight is 524 g/mol.